The first kappa shape index (κ1) is 20.0. The molecule has 0 radical (unpaired) electrons. The first-order valence-corrected chi connectivity index (χ1v) is 10.2. The van der Waals surface area contributed by atoms with Crippen molar-refractivity contribution < 1.29 is 14.8 Å². The summed E-state index contributed by atoms with van der Waals surface area (Å²) in [6, 6.07) is 16.1. The van der Waals surface area contributed by atoms with Crippen molar-refractivity contribution in [3.63, 3.8) is 0 Å². The molecule has 1 aromatic heterocycles. The Kier molecular flexibility index (Phi) is 5.72. The van der Waals surface area contributed by atoms with Crippen LogP contribution in [0, 0.1) is 10.1 Å². The number of aromatic nitrogens is 1. The van der Waals surface area contributed by atoms with Crippen LogP contribution in [-0.2, 0) is 13.1 Å². The van der Waals surface area contributed by atoms with Gasteiger partial charge in [0.25, 0.3) is 5.69 Å². The lowest BCUT2D eigenvalue weighted by Crippen LogP contribution is -2.30. The van der Waals surface area contributed by atoms with Crippen LogP contribution in [0.2, 0.25) is 0 Å². The van der Waals surface area contributed by atoms with Crippen molar-refractivity contribution in [1.29, 1.82) is 0 Å². The molecule has 0 fully saturated rings. The third-order valence-corrected chi connectivity index (χ3v) is 5.49. The van der Waals surface area contributed by atoms with E-state index >= 15 is 0 Å². The highest BCUT2D eigenvalue weighted by Crippen LogP contribution is 2.38. The van der Waals surface area contributed by atoms with Crippen LogP contribution in [0.5, 0.6) is 11.5 Å². The van der Waals surface area contributed by atoms with E-state index < -0.39 is 0 Å². The lowest BCUT2D eigenvalue weighted by Gasteiger charge is -2.30. The molecule has 4 rings (SSSR count). The minimum absolute atomic E-state index is 0.112. The van der Waals surface area contributed by atoms with E-state index in [1.807, 2.05) is 49.5 Å². The van der Waals surface area contributed by atoms with Gasteiger partial charge >= 0.3 is 0 Å². The van der Waals surface area contributed by atoms with E-state index in [0.29, 0.717) is 24.5 Å². The van der Waals surface area contributed by atoms with Gasteiger partial charge in [-0.05, 0) is 43.2 Å². The number of nitro groups is 1. The van der Waals surface area contributed by atoms with Gasteiger partial charge in [0.15, 0.2) is 11.5 Å². The van der Waals surface area contributed by atoms with E-state index in [1.165, 1.54) is 0 Å². The molecule has 156 valence electrons. The quantitative estimate of drug-likeness (QED) is 0.481. The standard InChI is InChI=1S/C23H25N3O4/c1-2-30-22-15-17(10-11-21(22)27)16-25-14-6-13-24-12-5-9-20(24)23(25)18-7-3-4-8-19(18)26(28)29/h3-5,7-12,15,23,27H,2,6,13-14,16H2,1H3. The Bertz CT molecular complexity index is 1050. The molecule has 0 saturated heterocycles. The largest absolute Gasteiger partial charge is 0.504 e. The first-order chi connectivity index (χ1) is 14.6. The predicted octanol–water partition coefficient (Wildman–Crippen LogP) is 4.50. The fourth-order valence-electron chi connectivity index (χ4n) is 4.21. The number of hydrogen-bond acceptors (Lipinski definition) is 5. The Labute approximate surface area is 175 Å². The molecule has 0 saturated carbocycles. The van der Waals surface area contributed by atoms with Crippen LogP contribution in [0.1, 0.15) is 36.2 Å². The number of nitro benzene ring substituents is 1. The van der Waals surface area contributed by atoms with Crippen LogP contribution in [0.15, 0.2) is 60.8 Å². The summed E-state index contributed by atoms with van der Waals surface area (Å²) in [5.74, 6) is 0.566. The van der Waals surface area contributed by atoms with Crippen LogP contribution in [0.25, 0.3) is 0 Å². The van der Waals surface area contributed by atoms with Gasteiger partial charge in [-0.1, -0.05) is 24.3 Å². The van der Waals surface area contributed by atoms with E-state index in [1.54, 1.807) is 18.2 Å². The van der Waals surface area contributed by atoms with Crippen molar-refractivity contribution in [2.45, 2.75) is 32.5 Å². The Balaban J connectivity index is 1.76. The Morgan fingerprint density at radius 2 is 2.00 bits per heavy atom. The molecule has 7 nitrogen and oxygen atoms in total. The van der Waals surface area contributed by atoms with Gasteiger partial charge in [0.1, 0.15) is 0 Å². The number of aromatic hydroxyl groups is 1. The van der Waals surface area contributed by atoms with E-state index in [2.05, 4.69) is 9.47 Å². The molecule has 1 aliphatic rings. The first-order valence-electron chi connectivity index (χ1n) is 10.2. The number of fused-ring (bicyclic) bond motifs is 1. The summed E-state index contributed by atoms with van der Waals surface area (Å²) in [6.45, 7) is 4.59. The zero-order valence-electron chi connectivity index (χ0n) is 16.9. The highest BCUT2D eigenvalue weighted by Gasteiger charge is 2.32. The van der Waals surface area contributed by atoms with E-state index in [-0.39, 0.29) is 22.4 Å². The monoisotopic (exact) mass is 407 g/mol. The Morgan fingerprint density at radius 3 is 2.80 bits per heavy atom. The summed E-state index contributed by atoms with van der Waals surface area (Å²) >= 11 is 0. The third kappa shape index (κ3) is 3.89. The van der Waals surface area contributed by atoms with Gasteiger partial charge in [-0.15, -0.1) is 0 Å². The van der Waals surface area contributed by atoms with Crippen LogP contribution in [0.3, 0.4) is 0 Å². The lowest BCUT2D eigenvalue weighted by molar-refractivity contribution is -0.385. The molecule has 0 spiro atoms. The summed E-state index contributed by atoms with van der Waals surface area (Å²) in [7, 11) is 0. The topological polar surface area (TPSA) is 80.8 Å². The fourth-order valence-corrected chi connectivity index (χ4v) is 4.21. The molecule has 1 aliphatic heterocycles. The molecule has 2 aromatic carbocycles. The zero-order chi connectivity index (χ0) is 21.1. The summed E-state index contributed by atoms with van der Waals surface area (Å²) in [5.41, 5.74) is 2.85. The van der Waals surface area contributed by atoms with Crippen molar-refractivity contribution in [3.8, 4) is 11.5 Å². The summed E-state index contributed by atoms with van der Waals surface area (Å²) < 4.78 is 7.72. The second-order valence-electron chi connectivity index (χ2n) is 7.40. The number of rotatable bonds is 6. The molecule has 1 atom stereocenters. The number of nitrogens with zero attached hydrogens (tertiary/aromatic N) is 3. The number of hydrogen-bond donors (Lipinski definition) is 1. The number of phenolic OH excluding ortho intramolecular Hbond substituents is 1. The summed E-state index contributed by atoms with van der Waals surface area (Å²) in [4.78, 5) is 13.7. The minimum atomic E-state index is -0.306. The second-order valence-corrected chi connectivity index (χ2v) is 7.40. The molecule has 0 amide bonds. The minimum Gasteiger partial charge on any atom is -0.504 e. The van der Waals surface area contributed by atoms with E-state index in [4.69, 9.17) is 4.74 Å². The van der Waals surface area contributed by atoms with Crippen LogP contribution in [-0.4, -0.2) is 32.6 Å². The lowest BCUT2D eigenvalue weighted by atomic mass is 9.99. The maximum atomic E-state index is 11.8. The van der Waals surface area contributed by atoms with Gasteiger partial charge in [-0.25, -0.2) is 0 Å². The molecule has 0 bridgehead atoms. The number of ether oxygens (including phenoxy) is 1. The molecular formula is C23H25N3O4. The molecule has 30 heavy (non-hydrogen) atoms. The van der Waals surface area contributed by atoms with E-state index in [9.17, 15) is 15.2 Å². The van der Waals surface area contributed by atoms with E-state index in [0.717, 1.165) is 30.8 Å². The molecule has 1 N–H and O–H groups in total. The average molecular weight is 407 g/mol. The molecule has 0 aliphatic carbocycles. The van der Waals surface area contributed by atoms with Crippen molar-refractivity contribution in [3.05, 3.63) is 87.7 Å². The second kappa shape index (κ2) is 8.59. The van der Waals surface area contributed by atoms with Gasteiger partial charge in [-0.3, -0.25) is 15.0 Å². The smallest absolute Gasteiger partial charge is 0.274 e. The predicted molar refractivity (Wildman–Crippen MR) is 114 cm³/mol. The maximum absolute atomic E-state index is 11.8. The van der Waals surface area contributed by atoms with Crippen molar-refractivity contribution >= 4 is 5.69 Å². The molecule has 2 heterocycles. The van der Waals surface area contributed by atoms with Crippen LogP contribution in [0.4, 0.5) is 5.69 Å². The Hall–Kier alpha value is -3.32. The SMILES string of the molecule is CCOc1cc(CN2CCCn3cccc3C2c2ccccc2[N+](=O)[O-])ccc1O. The Morgan fingerprint density at radius 1 is 1.17 bits per heavy atom. The maximum Gasteiger partial charge on any atom is 0.274 e. The molecule has 7 heteroatoms. The summed E-state index contributed by atoms with van der Waals surface area (Å²) in [6.07, 6.45) is 2.98. The summed E-state index contributed by atoms with van der Waals surface area (Å²) in [5, 5.41) is 21.8. The molecular weight excluding hydrogens is 382 g/mol. The van der Waals surface area contributed by atoms with Crippen molar-refractivity contribution in [1.82, 2.24) is 9.47 Å². The van der Waals surface area contributed by atoms with Gasteiger partial charge in [-0.2, -0.15) is 0 Å². The number of phenols is 1. The zero-order valence-corrected chi connectivity index (χ0v) is 16.9. The van der Waals surface area contributed by atoms with Crippen LogP contribution >= 0.6 is 0 Å². The molecule has 3 aromatic rings. The molecule has 1 unspecified atom stereocenters. The number of benzene rings is 2. The normalized spacial score (nSPS) is 16.6. The van der Waals surface area contributed by atoms with Crippen molar-refractivity contribution in [2.75, 3.05) is 13.2 Å². The third-order valence-electron chi connectivity index (χ3n) is 5.49. The van der Waals surface area contributed by atoms with Gasteiger partial charge in [0, 0.05) is 37.6 Å². The van der Waals surface area contributed by atoms with Crippen molar-refractivity contribution in [2.24, 2.45) is 0 Å². The number of para-hydroxylation sites is 1. The fraction of sp³-hybridized carbons (Fsp3) is 0.304. The average Bonchev–Trinajstić information content (AvgIpc) is 3.12. The van der Waals surface area contributed by atoms with Gasteiger partial charge in [0.2, 0.25) is 0 Å². The van der Waals surface area contributed by atoms with Gasteiger partial charge < -0.3 is 14.4 Å². The highest BCUT2D eigenvalue weighted by atomic mass is 16.6. The highest BCUT2D eigenvalue weighted by molar-refractivity contribution is 5.46. The number of aryl methyl sites for hydroxylation is 1. The van der Waals surface area contributed by atoms with Crippen LogP contribution < -0.4 is 4.74 Å². The van der Waals surface area contributed by atoms with Gasteiger partial charge in [0.05, 0.1) is 23.1 Å².